The Hall–Kier alpha value is -1.84. The van der Waals surface area contributed by atoms with Crippen LogP contribution in [0.2, 0.25) is 0 Å². The van der Waals surface area contributed by atoms with E-state index in [4.69, 9.17) is 4.74 Å². The van der Waals surface area contributed by atoms with Crippen molar-refractivity contribution in [2.24, 2.45) is 5.92 Å². The van der Waals surface area contributed by atoms with E-state index in [1.807, 2.05) is 32.0 Å². The van der Waals surface area contributed by atoms with Crippen molar-refractivity contribution in [2.45, 2.75) is 26.7 Å². The number of benzene rings is 1. The Balaban J connectivity index is 2.14. The van der Waals surface area contributed by atoms with Crippen molar-refractivity contribution in [3.8, 4) is 0 Å². The number of aryl methyl sites for hydroxylation is 2. The van der Waals surface area contributed by atoms with E-state index >= 15 is 0 Å². The molecule has 4 nitrogen and oxygen atoms in total. The molecule has 0 aliphatic carbocycles. The molecule has 1 aromatic carbocycles. The second-order valence-electron chi connectivity index (χ2n) is 5.49. The standard InChI is InChI=1S/C16H21NO3/c1-11-7-12(2)9-14(8-11)15(18)17-6-4-5-13(10-17)16(19)20-3/h7-9,13H,4-6,10H2,1-3H3. The molecule has 0 saturated carbocycles. The molecule has 1 aliphatic heterocycles. The molecule has 1 heterocycles. The zero-order valence-corrected chi connectivity index (χ0v) is 12.3. The lowest BCUT2D eigenvalue weighted by atomic mass is 9.97. The molecular formula is C16H21NO3. The zero-order chi connectivity index (χ0) is 14.7. The summed E-state index contributed by atoms with van der Waals surface area (Å²) in [5.74, 6) is -0.406. The molecule has 2 rings (SSSR count). The van der Waals surface area contributed by atoms with Crippen molar-refractivity contribution < 1.29 is 14.3 Å². The van der Waals surface area contributed by atoms with Crippen molar-refractivity contribution in [3.05, 3.63) is 34.9 Å². The number of likely N-dealkylation sites (tertiary alicyclic amines) is 1. The van der Waals surface area contributed by atoms with Gasteiger partial charge in [0, 0.05) is 18.7 Å². The van der Waals surface area contributed by atoms with Gasteiger partial charge in [-0.1, -0.05) is 17.2 Å². The summed E-state index contributed by atoms with van der Waals surface area (Å²) in [5, 5.41) is 0. The zero-order valence-electron chi connectivity index (χ0n) is 12.3. The lowest BCUT2D eigenvalue weighted by Crippen LogP contribution is -2.42. The van der Waals surface area contributed by atoms with Gasteiger partial charge in [-0.05, 0) is 38.8 Å². The highest BCUT2D eigenvalue weighted by Gasteiger charge is 2.29. The molecule has 1 atom stereocenters. The van der Waals surface area contributed by atoms with Crippen LogP contribution in [-0.2, 0) is 9.53 Å². The molecule has 0 N–H and O–H groups in total. The van der Waals surface area contributed by atoms with E-state index in [0.717, 1.165) is 24.0 Å². The fourth-order valence-corrected chi connectivity index (χ4v) is 2.80. The molecule has 1 amide bonds. The number of carbonyl (C=O) groups excluding carboxylic acids is 2. The monoisotopic (exact) mass is 275 g/mol. The third kappa shape index (κ3) is 3.18. The van der Waals surface area contributed by atoms with E-state index in [1.54, 1.807) is 4.90 Å². The quantitative estimate of drug-likeness (QED) is 0.778. The molecule has 0 aromatic heterocycles. The van der Waals surface area contributed by atoms with Gasteiger partial charge in [-0.2, -0.15) is 0 Å². The lowest BCUT2D eigenvalue weighted by Gasteiger charge is -2.31. The number of hydrogen-bond acceptors (Lipinski definition) is 3. The average molecular weight is 275 g/mol. The van der Waals surface area contributed by atoms with Gasteiger partial charge < -0.3 is 9.64 Å². The maximum atomic E-state index is 12.5. The van der Waals surface area contributed by atoms with Crippen LogP contribution in [0.1, 0.15) is 34.3 Å². The normalized spacial score (nSPS) is 18.8. The van der Waals surface area contributed by atoms with E-state index in [1.165, 1.54) is 7.11 Å². The SMILES string of the molecule is COC(=O)C1CCCN(C(=O)c2cc(C)cc(C)c2)C1. The molecule has 0 bridgehead atoms. The van der Waals surface area contributed by atoms with Gasteiger partial charge >= 0.3 is 5.97 Å². The van der Waals surface area contributed by atoms with E-state index < -0.39 is 0 Å². The van der Waals surface area contributed by atoms with Crippen LogP contribution in [0.15, 0.2) is 18.2 Å². The summed E-state index contributed by atoms with van der Waals surface area (Å²) < 4.78 is 4.78. The highest BCUT2D eigenvalue weighted by molar-refractivity contribution is 5.95. The van der Waals surface area contributed by atoms with Crippen molar-refractivity contribution in [3.63, 3.8) is 0 Å². The predicted octanol–water partition coefficient (Wildman–Crippen LogP) is 2.33. The molecular weight excluding hydrogens is 254 g/mol. The van der Waals surface area contributed by atoms with Gasteiger partial charge in [0.05, 0.1) is 13.0 Å². The van der Waals surface area contributed by atoms with Crippen LogP contribution in [0, 0.1) is 19.8 Å². The predicted molar refractivity (Wildman–Crippen MR) is 76.6 cm³/mol. The molecule has 1 aromatic rings. The van der Waals surface area contributed by atoms with Crippen LogP contribution < -0.4 is 0 Å². The number of rotatable bonds is 2. The molecule has 1 unspecified atom stereocenters. The third-order valence-electron chi connectivity index (χ3n) is 3.71. The minimum atomic E-state index is -0.220. The molecule has 1 saturated heterocycles. The van der Waals surface area contributed by atoms with E-state index in [-0.39, 0.29) is 17.8 Å². The van der Waals surface area contributed by atoms with E-state index in [2.05, 4.69) is 0 Å². The van der Waals surface area contributed by atoms with Crippen LogP contribution in [0.3, 0.4) is 0 Å². The number of hydrogen-bond donors (Lipinski definition) is 0. The number of ether oxygens (including phenoxy) is 1. The molecule has 0 radical (unpaired) electrons. The van der Waals surface area contributed by atoms with E-state index in [9.17, 15) is 9.59 Å². The van der Waals surface area contributed by atoms with Gasteiger partial charge in [0.25, 0.3) is 5.91 Å². The maximum absolute atomic E-state index is 12.5. The number of piperidine rings is 1. The fraction of sp³-hybridized carbons (Fsp3) is 0.500. The smallest absolute Gasteiger partial charge is 0.310 e. The number of nitrogens with zero attached hydrogens (tertiary/aromatic N) is 1. The Morgan fingerprint density at radius 3 is 2.45 bits per heavy atom. The van der Waals surface area contributed by atoms with Crippen molar-refractivity contribution in [1.82, 2.24) is 4.90 Å². The summed E-state index contributed by atoms with van der Waals surface area (Å²) in [5.41, 5.74) is 2.86. The topological polar surface area (TPSA) is 46.6 Å². The van der Waals surface area contributed by atoms with Crippen molar-refractivity contribution >= 4 is 11.9 Å². The molecule has 20 heavy (non-hydrogen) atoms. The summed E-state index contributed by atoms with van der Waals surface area (Å²) in [4.78, 5) is 25.9. The first-order valence-corrected chi connectivity index (χ1v) is 6.96. The van der Waals surface area contributed by atoms with Crippen LogP contribution >= 0.6 is 0 Å². The van der Waals surface area contributed by atoms with Gasteiger partial charge in [-0.25, -0.2) is 0 Å². The Labute approximate surface area is 119 Å². The first-order valence-electron chi connectivity index (χ1n) is 6.96. The number of esters is 1. The Kier molecular flexibility index (Phi) is 4.42. The van der Waals surface area contributed by atoms with Crippen LogP contribution in [-0.4, -0.2) is 37.0 Å². The first-order chi connectivity index (χ1) is 9.51. The summed E-state index contributed by atoms with van der Waals surface area (Å²) in [6.07, 6.45) is 1.64. The second-order valence-corrected chi connectivity index (χ2v) is 5.49. The maximum Gasteiger partial charge on any atom is 0.310 e. The van der Waals surface area contributed by atoms with E-state index in [0.29, 0.717) is 18.7 Å². The molecule has 1 fully saturated rings. The van der Waals surface area contributed by atoms with Crippen molar-refractivity contribution in [1.29, 1.82) is 0 Å². The van der Waals surface area contributed by atoms with Crippen LogP contribution in [0.5, 0.6) is 0 Å². The second kappa shape index (κ2) is 6.07. The highest BCUT2D eigenvalue weighted by atomic mass is 16.5. The highest BCUT2D eigenvalue weighted by Crippen LogP contribution is 2.20. The number of amides is 1. The lowest BCUT2D eigenvalue weighted by molar-refractivity contribution is -0.146. The van der Waals surface area contributed by atoms with Gasteiger partial charge in [-0.15, -0.1) is 0 Å². The van der Waals surface area contributed by atoms with Crippen LogP contribution in [0.25, 0.3) is 0 Å². The number of methoxy groups -OCH3 is 1. The molecule has 4 heteroatoms. The Morgan fingerprint density at radius 1 is 1.20 bits per heavy atom. The molecule has 1 aliphatic rings. The van der Waals surface area contributed by atoms with Crippen LogP contribution in [0.4, 0.5) is 0 Å². The summed E-state index contributed by atoms with van der Waals surface area (Å²) in [7, 11) is 1.40. The van der Waals surface area contributed by atoms with Crippen molar-refractivity contribution in [2.75, 3.05) is 20.2 Å². The minimum Gasteiger partial charge on any atom is -0.469 e. The fourth-order valence-electron chi connectivity index (χ4n) is 2.80. The number of carbonyl (C=O) groups is 2. The molecule has 0 spiro atoms. The van der Waals surface area contributed by atoms with Gasteiger partial charge in [-0.3, -0.25) is 9.59 Å². The Bertz CT molecular complexity index is 504. The van der Waals surface area contributed by atoms with Gasteiger partial charge in [0.2, 0.25) is 0 Å². The molecule has 108 valence electrons. The minimum absolute atomic E-state index is 0.00500. The summed E-state index contributed by atoms with van der Waals surface area (Å²) in [6, 6.07) is 5.85. The average Bonchev–Trinajstić information content (AvgIpc) is 2.44. The summed E-state index contributed by atoms with van der Waals surface area (Å²) in [6.45, 7) is 5.13. The summed E-state index contributed by atoms with van der Waals surface area (Å²) >= 11 is 0. The largest absolute Gasteiger partial charge is 0.469 e. The van der Waals surface area contributed by atoms with Gasteiger partial charge in [0.15, 0.2) is 0 Å². The Morgan fingerprint density at radius 2 is 1.85 bits per heavy atom. The third-order valence-corrected chi connectivity index (χ3v) is 3.71. The first kappa shape index (κ1) is 14.6. The van der Waals surface area contributed by atoms with Gasteiger partial charge in [0.1, 0.15) is 0 Å².